The zero-order chi connectivity index (χ0) is 6.27. The fourth-order valence-corrected chi connectivity index (χ4v) is 1.04. The molecular weight excluding hydrogens is 118 g/mol. The van der Waals surface area contributed by atoms with Crippen LogP contribution in [0.3, 0.4) is 0 Å². The van der Waals surface area contributed by atoms with Gasteiger partial charge >= 0.3 is 0 Å². The smallest absolute Gasteiger partial charge is 0.233 e. The highest BCUT2D eigenvalue weighted by Gasteiger charge is 2.36. The lowest BCUT2D eigenvalue weighted by molar-refractivity contribution is -0.166. The summed E-state index contributed by atoms with van der Waals surface area (Å²) in [5.41, 5.74) is 0. The lowest BCUT2D eigenvalue weighted by Crippen LogP contribution is -2.52. The van der Waals surface area contributed by atoms with Crippen molar-refractivity contribution < 1.29 is 9.53 Å². The van der Waals surface area contributed by atoms with Crippen LogP contribution in [0.4, 0.5) is 0 Å². The van der Waals surface area contributed by atoms with E-state index in [0.717, 1.165) is 0 Å². The fraction of sp³-hybridized carbons (Fsp3) is 0.500. The molecule has 1 unspecified atom stereocenters. The van der Waals surface area contributed by atoms with Crippen LogP contribution in [0.25, 0.3) is 0 Å². The van der Waals surface area contributed by atoms with E-state index in [0.29, 0.717) is 13.0 Å². The van der Waals surface area contributed by atoms with Crippen molar-refractivity contribution >= 4 is 5.91 Å². The summed E-state index contributed by atoms with van der Waals surface area (Å²) in [6.45, 7) is 0.647. The average Bonchev–Trinajstić information content (AvgIpc) is 1.86. The molecule has 1 atom stereocenters. The summed E-state index contributed by atoms with van der Waals surface area (Å²) in [5, 5.41) is 0. The third kappa shape index (κ3) is 0.580. The first-order valence-corrected chi connectivity index (χ1v) is 2.97. The van der Waals surface area contributed by atoms with Crippen molar-refractivity contribution in [3.8, 4) is 0 Å². The Labute approximate surface area is 52.9 Å². The monoisotopic (exact) mass is 125 g/mol. The van der Waals surface area contributed by atoms with Crippen LogP contribution in [0.1, 0.15) is 6.42 Å². The summed E-state index contributed by atoms with van der Waals surface area (Å²) in [6.07, 6.45) is 4.25. The van der Waals surface area contributed by atoms with E-state index in [2.05, 4.69) is 0 Å². The van der Waals surface area contributed by atoms with E-state index >= 15 is 0 Å². The zero-order valence-electron chi connectivity index (χ0n) is 4.91. The van der Waals surface area contributed by atoms with E-state index in [4.69, 9.17) is 4.74 Å². The minimum Gasteiger partial charge on any atom is -0.353 e. The number of ether oxygens (including phenoxy) is 1. The summed E-state index contributed by atoms with van der Waals surface area (Å²) in [7, 11) is 0. The molecule has 3 heteroatoms. The Kier molecular flexibility index (Phi) is 0.873. The number of nitrogens with zero attached hydrogens (tertiary/aromatic N) is 1. The van der Waals surface area contributed by atoms with E-state index < -0.39 is 0 Å². The maximum absolute atomic E-state index is 10.7. The van der Waals surface area contributed by atoms with Gasteiger partial charge in [0.1, 0.15) is 6.23 Å². The second-order valence-corrected chi connectivity index (χ2v) is 2.18. The van der Waals surface area contributed by atoms with Gasteiger partial charge < -0.3 is 4.74 Å². The second-order valence-electron chi connectivity index (χ2n) is 2.18. The van der Waals surface area contributed by atoms with E-state index in [9.17, 15) is 4.79 Å². The van der Waals surface area contributed by atoms with Crippen molar-refractivity contribution in [3.05, 3.63) is 12.3 Å². The predicted molar refractivity (Wildman–Crippen MR) is 30.3 cm³/mol. The topological polar surface area (TPSA) is 29.5 Å². The normalized spacial score (nSPS) is 31.8. The summed E-state index contributed by atoms with van der Waals surface area (Å²) in [6, 6.07) is 0. The molecule has 1 saturated heterocycles. The van der Waals surface area contributed by atoms with E-state index in [1.807, 2.05) is 6.08 Å². The maximum Gasteiger partial charge on any atom is 0.233 e. The number of hydrogen-bond donors (Lipinski definition) is 0. The molecule has 1 amide bonds. The Hall–Kier alpha value is -0.830. The lowest BCUT2D eigenvalue weighted by atomic mass is 10.1. The minimum atomic E-state index is 0.0579. The van der Waals surface area contributed by atoms with Crippen LogP contribution < -0.4 is 0 Å². The fourth-order valence-electron chi connectivity index (χ4n) is 1.04. The molecule has 0 N–H and O–H groups in total. The first-order valence-electron chi connectivity index (χ1n) is 2.97. The van der Waals surface area contributed by atoms with Gasteiger partial charge in [0.25, 0.3) is 0 Å². The van der Waals surface area contributed by atoms with Gasteiger partial charge in [0.05, 0.1) is 13.0 Å². The van der Waals surface area contributed by atoms with Crippen molar-refractivity contribution in [2.45, 2.75) is 12.6 Å². The molecule has 0 aliphatic carbocycles. The van der Waals surface area contributed by atoms with Gasteiger partial charge in [-0.3, -0.25) is 9.69 Å². The van der Waals surface area contributed by atoms with Gasteiger partial charge in [-0.05, 0) is 6.08 Å². The van der Waals surface area contributed by atoms with Crippen molar-refractivity contribution in [2.24, 2.45) is 0 Å². The molecule has 9 heavy (non-hydrogen) atoms. The standard InChI is InChI=1S/C6H7NO2/c8-5-4-6-7(5)2-1-3-9-6/h1-2,6H,3-4H2. The Balaban J connectivity index is 2.16. The van der Waals surface area contributed by atoms with Crippen molar-refractivity contribution in [1.29, 1.82) is 0 Å². The third-order valence-electron chi connectivity index (χ3n) is 1.60. The van der Waals surface area contributed by atoms with Gasteiger partial charge in [-0.1, -0.05) is 0 Å². The first-order chi connectivity index (χ1) is 4.38. The SMILES string of the molecule is O=C1CC2OCC=CN12. The summed E-state index contributed by atoms with van der Waals surface area (Å²) in [5.74, 6) is 0.163. The Morgan fingerprint density at radius 3 is 3.22 bits per heavy atom. The number of hydrogen-bond acceptors (Lipinski definition) is 2. The van der Waals surface area contributed by atoms with Crippen LogP contribution in [0.15, 0.2) is 12.3 Å². The molecular formula is C6H7NO2. The quantitative estimate of drug-likeness (QED) is 0.429. The second kappa shape index (κ2) is 1.57. The van der Waals surface area contributed by atoms with E-state index in [-0.39, 0.29) is 12.1 Å². The van der Waals surface area contributed by atoms with E-state index in [1.165, 1.54) is 0 Å². The molecule has 0 saturated carbocycles. The molecule has 0 spiro atoms. The average molecular weight is 125 g/mol. The minimum absolute atomic E-state index is 0.0579. The Morgan fingerprint density at radius 1 is 1.78 bits per heavy atom. The molecule has 1 fully saturated rings. The number of amides is 1. The molecule has 48 valence electrons. The molecule has 0 radical (unpaired) electrons. The van der Waals surface area contributed by atoms with Crippen molar-refractivity contribution in [3.63, 3.8) is 0 Å². The number of carbonyl (C=O) groups is 1. The predicted octanol–water partition coefficient (Wildman–Crippen LogP) is 0.0887. The highest BCUT2D eigenvalue weighted by Crippen LogP contribution is 2.22. The number of carbonyl (C=O) groups excluding carboxylic acids is 1. The maximum atomic E-state index is 10.7. The van der Waals surface area contributed by atoms with Crippen LogP contribution >= 0.6 is 0 Å². The van der Waals surface area contributed by atoms with Crippen molar-refractivity contribution in [2.75, 3.05) is 6.61 Å². The van der Waals surface area contributed by atoms with Gasteiger partial charge in [-0.25, -0.2) is 0 Å². The summed E-state index contributed by atoms with van der Waals surface area (Å²) >= 11 is 0. The number of β-lactam (4-membered cyclic amide) rings is 1. The van der Waals surface area contributed by atoms with Gasteiger partial charge in [0.2, 0.25) is 5.91 Å². The van der Waals surface area contributed by atoms with Gasteiger partial charge in [0.15, 0.2) is 0 Å². The highest BCUT2D eigenvalue weighted by molar-refractivity contribution is 5.83. The summed E-state index contributed by atoms with van der Waals surface area (Å²) < 4.78 is 5.17. The largest absolute Gasteiger partial charge is 0.353 e. The molecule has 0 aromatic rings. The third-order valence-corrected chi connectivity index (χ3v) is 1.60. The molecule has 2 heterocycles. The van der Waals surface area contributed by atoms with E-state index in [1.54, 1.807) is 11.1 Å². The summed E-state index contributed by atoms with van der Waals surface area (Å²) in [4.78, 5) is 12.3. The lowest BCUT2D eigenvalue weighted by Gasteiger charge is -2.39. The molecule has 0 aromatic carbocycles. The zero-order valence-corrected chi connectivity index (χ0v) is 4.91. The van der Waals surface area contributed by atoms with Crippen LogP contribution in [0.2, 0.25) is 0 Å². The molecule has 2 aliphatic heterocycles. The molecule has 2 rings (SSSR count). The van der Waals surface area contributed by atoms with Crippen LogP contribution in [-0.2, 0) is 9.53 Å². The van der Waals surface area contributed by atoms with Crippen LogP contribution in [0.5, 0.6) is 0 Å². The highest BCUT2D eigenvalue weighted by atomic mass is 16.5. The number of rotatable bonds is 0. The van der Waals surface area contributed by atoms with Crippen LogP contribution in [-0.4, -0.2) is 23.6 Å². The molecule has 3 nitrogen and oxygen atoms in total. The molecule has 2 aliphatic rings. The molecule has 0 aromatic heterocycles. The van der Waals surface area contributed by atoms with Gasteiger partial charge in [-0.2, -0.15) is 0 Å². The van der Waals surface area contributed by atoms with Gasteiger partial charge in [0, 0.05) is 6.20 Å². The Morgan fingerprint density at radius 2 is 2.67 bits per heavy atom. The van der Waals surface area contributed by atoms with Crippen LogP contribution in [0, 0.1) is 0 Å². The number of fused-ring (bicyclic) bond motifs is 1. The van der Waals surface area contributed by atoms with Gasteiger partial charge in [-0.15, -0.1) is 0 Å². The molecule has 0 bridgehead atoms. The first kappa shape index (κ1) is 4.99. The van der Waals surface area contributed by atoms with Crippen molar-refractivity contribution in [1.82, 2.24) is 4.90 Å². The Bertz CT molecular complexity index is 176.